The van der Waals surface area contributed by atoms with Gasteiger partial charge in [0.1, 0.15) is 5.03 Å². The van der Waals surface area contributed by atoms with Crippen LogP contribution in [0, 0.1) is 0 Å². The number of carboxylic acids is 1. The Bertz CT molecular complexity index is 1100. The minimum atomic E-state index is -0.949. The van der Waals surface area contributed by atoms with E-state index in [1.54, 1.807) is 18.2 Å². The molecule has 1 N–H and O–H groups in total. The number of fused-ring (bicyclic) bond motifs is 1. The summed E-state index contributed by atoms with van der Waals surface area (Å²) in [6.45, 7) is 0. The second-order valence-electron chi connectivity index (χ2n) is 5.64. The number of carbonyl (C=O) groups is 1. The molecule has 0 aliphatic heterocycles. The maximum atomic E-state index is 11.5. The second kappa shape index (κ2) is 6.98. The summed E-state index contributed by atoms with van der Waals surface area (Å²) in [5.41, 5.74) is 2.02. The summed E-state index contributed by atoms with van der Waals surface area (Å²) in [4.78, 5) is 21.6. The van der Waals surface area contributed by atoms with Gasteiger partial charge in [0.2, 0.25) is 0 Å². The number of benzene rings is 3. The summed E-state index contributed by atoms with van der Waals surface area (Å²) in [6.07, 6.45) is 0. The minimum absolute atomic E-state index is 0.265. The van der Waals surface area contributed by atoms with Crippen molar-refractivity contribution in [2.24, 2.45) is 0 Å². The van der Waals surface area contributed by atoms with Crippen LogP contribution in [0.25, 0.3) is 22.3 Å². The zero-order chi connectivity index (χ0) is 17.9. The smallest absolute Gasteiger partial charge is 0.336 e. The quantitative estimate of drug-likeness (QED) is 0.511. The van der Waals surface area contributed by atoms with Crippen LogP contribution in [0.5, 0.6) is 0 Å². The number of carboxylic acid groups (broad SMARTS) is 1. The van der Waals surface area contributed by atoms with Crippen LogP contribution in [0.15, 0.2) is 88.8 Å². The van der Waals surface area contributed by atoms with Crippen LogP contribution in [-0.4, -0.2) is 21.0 Å². The molecule has 0 saturated heterocycles. The van der Waals surface area contributed by atoms with E-state index in [4.69, 9.17) is 4.98 Å². The summed E-state index contributed by atoms with van der Waals surface area (Å²) in [7, 11) is 0. The molecule has 0 fully saturated rings. The lowest BCUT2D eigenvalue weighted by Crippen LogP contribution is -1.99. The Morgan fingerprint density at radius 1 is 0.808 bits per heavy atom. The van der Waals surface area contributed by atoms with Crippen LogP contribution in [0.2, 0.25) is 0 Å². The van der Waals surface area contributed by atoms with Gasteiger partial charge in [0.25, 0.3) is 0 Å². The molecule has 3 aromatic carbocycles. The van der Waals surface area contributed by atoms with E-state index in [-0.39, 0.29) is 5.56 Å². The third-order valence-corrected chi connectivity index (χ3v) is 5.00. The maximum absolute atomic E-state index is 11.5. The second-order valence-corrected chi connectivity index (χ2v) is 6.67. The van der Waals surface area contributed by atoms with Gasteiger partial charge in [0.15, 0.2) is 5.82 Å². The summed E-state index contributed by atoms with van der Waals surface area (Å²) < 4.78 is 0. The van der Waals surface area contributed by atoms with E-state index in [2.05, 4.69) is 4.98 Å². The van der Waals surface area contributed by atoms with E-state index >= 15 is 0 Å². The lowest BCUT2D eigenvalue weighted by atomic mass is 10.2. The van der Waals surface area contributed by atoms with Crippen molar-refractivity contribution in [2.75, 3.05) is 0 Å². The standard InChI is InChI=1S/C21H14N2O2S/c24-21(25)16-11-5-7-13-18(16)26-20-15-10-4-6-12-17(15)22-19(23-20)14-8-2-1-3-9-14/h1-13H,(H,24,25). The van der Waals surface area contributed by atoms with Crippen LogP contribution in [0.1, 0.15) is 10.4 Å². The topological polar surface area (TPSA) is 63.1 Å². The predicted octanol–water partition coefficient (Wildman–Crippen LogP) is 5.15. The molecule has 0 unspecified atom stereocenters. The number of aromatic carboxylic acids is 1. The molecular weight excluding hydrogens is 344 g/mol. The average Bonchev–Trinajstić information content (AvgIpc) is 2.69. The van der Waals surface area contributed by atoms with E-state index in [0.29, 0.717) is 10.7 Å². The Hall–Kier alpha value is -3.18. The maximum Gasteiger partial charge on any atom is 0.336 e. The third-order valence-electron chi connectivity index (χ3n) is 3.92. The zero-order valence-electron chi connectivity index (χ0n) is 13.7. The van der Waals surface area contributed by atoms with Gasteiger partial charge in [-0.3, -0.25) is 0 Å². The molecule has 1 heterocycles. The van der Waals surface area contributed by atoms with Crippen molar-refractivity contribution >= 4 is 28.6 Å². The lowest BCUT2D eigenvalue weighted by molar-refractivity contribution is 0.0693. The Morgan fingerprint density at radius 2 is 1.50 bits per heavy atom. The minimum Gasteiger partial charge on any atom is -0.478 e. The highest BCUT2D eigenvalue weighted by atomic mass is 32.2. The van der Waals surface area contributed by atoms with E-state index < -0.39 is 5.97 Å². The summed E-state index contributed by atoms with van der Waals surface area (Å²) in [6, 6.07) is 24.5. The molecule has 0 aliphatic rings. The zero-order valence-corrected chi connectivity index (χ0v) is 14.5. The molecule has 0 amide bonds. The number of para-hydroxylation sites is 1. The van der Waals surface area contributed by atoms with Crippen molar-refractivity contribution < 1.29 is 9.90 Å². The molecule has 26 heavy (non-hydrogen) atoms. The van der Waals surface area contributed by atoms with E-state index in [1.165, 1.54) is 11.8 Å². The van der Waals surface area contributed by atoms with Gasteiger partial charge in [-0.2, -0.15) is 0 Å². The number of rotatable bonds is 4. The van der Waals surface area contributed by atoms with Crippen LogP contribution >= 0.6 is 11.8 Å². The normalized spacial score (nSPS) is 10.8. The van der Waals surface area contributed by atoms with Gasteiger partial charge in [0, 0.05) is 15.8 Å². The third kappa shape index (κ3) is 3.17. The number of hydrogen-bond donors (Lipinski definition) is 1. The molecule has 0 radical (unpaired) electrons. The fraction of sp³-hybridized carbons (Fsp3) is 0. The van der Waals surface area contributed by atoms with Gasteiger partial charge in [-0.1, -0.05) is 72.4 Å². The Morgan fingerprint density at radius 3 is 2.31 bits per heavy atom. The van der Waals surface area contributed by atoms with E-state index in [0.717, 1.165) is 21.5 Å². The summed E-state index contributed by atoms with van der Waals surface area (Å²) >= 11 is 1.35. The van der Waals surface area contributed by atoms with Crippen LogP contribution in [-0.2, 0) is 0 Å². The van der Waals surface area contributed by atoms with Gasteiger partial charge in [-0.25, -0.2) is 14.8 Å². The molecule has 4 nitrogen and oxygen atoms in total. The molecule has 0 spiro atoms. The number of aromatic nitrogens is 2. The SMILES string of the molecule is O=C(O)c1ccccc1Sc1nc(-c2ccccc2)nc2ccccc12. The van der Waals surface area contributed by atoms with Crippen LogP contribution in [0.4, 0.5) is 0 Å². The summed E-state index contributed by atoms with van der Waals surface area (Å²) in [5, 5.41) is 11.1. The van der Waals surface area contributed by atoms with Crippen LogP contribution < -0.4 is 0 Å². The largest absolute Gasteiger partial charge is 0.478 e. The molecular formula is C21H14N2O2S. The first-order valence-corrected chi connectivity index (χ1v) is 8.86. The molecule has 5 heteroatoms. The average molecular weight is 358 g/mol. The highest BCUT2D eigenvalue weighted by molar-refractivity contribution is 7.99. The van der Waals surface area contributed by atoms with Gasteiger partial charge < -0.3 is 5.11 Å². The van der Waals surface area contributed by atoms with Crippen molar-refractivity contribution in [3.63, 3.8) is 0 Å². The molecule has 0 atom stereocenters. The Labute approximate surface area is 154 Å². The predicted molar refractivity (Wildman–Crippen MR) is 102 cm³/mol. The van der Waals surface area contributed by atoms with Gasteiger partial charge in [-0.15, -0.1) is 0 Å². The lowest BCUT2D eigenvalue weighted by Gasteiger charge is -2.10. The van der Waals surface area contributed by atoms with Gasteiger partial charge in [0.05, 0.1) is 11.1 Å². The number of nitrogens with zero attached hydrogens (tertiary/aromatic N) is 2. The van der Waals surface area contributed by atoms with Crippen molar-refractivity contribution in [3.05, 3.63) is 84.4 Å². The van der Waals surface area contributed by atoms with Crippen molar-refractivity contribution in [1.82, 2.24) is 9.97 Å². The first-order valence-electron chi connectivity index (χ1n) is 8.05. The molecule has 0 aliphatic carbocycles. The van der Waals surface area contributed by atoms with Gasteiger partial charge >= 0.3 is 5.97 Å². The molecule has 0 saturated carbocycles. The highest BCUT2D eigenvalue weighted by Gasteiger charge is 2.15. The first-order chi connectivity index (χ1) is 12.7. The summed E-state index contributed by atoms with van der Waals surface area (Å²) in [5.74, 6) is -0.325. The first kappa shape index (κ1) is 16.3. The van der Waals surface area contributed by atoms with Crippen molar-refractivity contribution in [3.8, 4) is 11.4 Å². The highest BCUT2D eigenvalue weighted by Crippen LogP contribution is 2.35. The molecule has 4 rings (SSSR count). The van der Waals surface area contributed by atoms with E-state index in [1.807, 2.05) is 60.7 Å². The van der Waals surface area contributed by atoms with Crippen molar-refractivity contribution in [2.45, 2.75) is 9.92 Å². The number of hydrogen-bond acceptors (Lipinski definition) is 4. The van der Waals surface area contributed by atoms with Crippen LogP contribution in [0.3, 0.4) is 0 Å². The monoisotopic (exact) mass is 358 g/mol. The fourth-order valence-electron chi connectivity index (χ4n) is 2.68. The molecule has 0 bridgehead atoms. The van der Waals surface area contributed by atoms with Gasteiger partial charge in [-0.05, 0) is 18.2 Å². The molecule has 1 aromatic heterocycles. The van der Waals surface area contributed by atoms with E-state index in [9.17, 15) is 9.90 Å². The van der Waals surface area contributed by atoms with Crippen molar-refractivity contribution in [1.29, 1.82) is 0 Å². The fourth-order valence-corrected chi connectivity index (χ4v) is 3.71. The Kier molecular flexibility index (Phi) is 4.37. The Balaban J connectivity index is 1.88. The molecule has 126 valence electrons. The molecule has 4 aromatic rings.